The monoisotopic (exact) mass is 201 g/mol. The van der Waals surface area contributed by atoms with Gasteiger partial charge in [-0.2, -0.15) is 13.8 Å². The van der Waals surface area contributed by atoms with Gasteiger partial charge in [0.2, 0.25) is 0 Å². The average molecular weight is 201 g/mol. The summed E-state index contributed by atoms with van der Waals surface area (Å²) in [7, 11) is 0. The van der Waals surface area contributed by atoms with Crippen LogP contribution in [0.3, 0.4) is 0 Å². The minimum Gasteiger partial charge on any atom is -0.508 e. The molecule has 2 rings (SSSR count). The van der Waals surface area contributed by atoms with E-state index >= 15 is 0 Å². The first kappa shape index (κ1) is 8.74. The smallest absolute Gasteiger partial charge is 0.399 e. The summed E-state index contributed by atoms with van der Waals surface area (Å²) in [6.07, 6.45) is -0.513. The molecule has 0 bridgehead atoms. The van der Waals surface area contributed by atoms with Crippen molar-refractivity contribution in [2.75, 3.05) is 0 Å². The normalized spacial score (nSPS) is 11.1. The second kappa shape index (κ2) is 3.13. The van der Waals surface area contributed by atoms with Gasteiger partial charge in [-0.15, -0.1) is 0 Å². The van der Waals surface area contributed by atoms with Gasteiger partial charge in [0.25, 0.3) is 0 Å². The van der Waals surface area contributed by atoms with Crippen LogP contribution in [0.4, 0.5) is 8.78 Å². The number of nitrogens with zero attached hydrogens (tertiary/aromatic N) is 1. The predicted octanol–water partition coefficient (Wildman–Crippen LogP) is 2.13. The molecule has 1 heterocycles. The first-order valence-corrected chi connectivity index (χ1v) is 3.69. The molecule has 0 radical (unpaired) electrons. The standard InChI is InChI=1S/C8H5F2NO3/c9-7(10)14-8-11-5-3-4(12)1-2-6(5)13-8/h1-3,7,12H. The fourth-order valence-corrected chi connectivity index (χ4v) is 1.02. The Kier molecular flexibility index (Phi) is 1.95. The fraction of sp³-hybridized carbons (Fsp3) is 0.125. The zero-order valence-corrected chi connectivity index (χ0v) is 6.78. The summed E-state index contributed by atoms with van der Waals surface area (Å²) in [6, 6.07) is 4.06. The molecular formula is C8H5F2NO3. The lowest BCUT2D eigenvalue weighted by atomic mass is 10.3. The van der Waals surface area contributed by atoms with Crippen LogP contribution in [0.25, 0.3) is 11.1 Å². The average Bonchev–Trinajstić information content (AvgIpc) is 2.44. The second-order valence-electron chi connectivity index (χ2n) is 2.51. The van der Waals surface area contributed by atoms with Gasteiger partial charge < -0.3 is 14.3 Å². The van der Waals surface area contributed by atoms with Crippen LogP contribution in [0, 0.1) is 0 Å². The minimum atomic E-state index is -2.98. The molecule has 0 fully saturated rings. The summed E-state index contributed by atoms with van der Waals surface area (Å²) >= 11 is 0. The molecule has 0 aliphatic carbocycles. The number of phenolic OH excluding ortho intramolecular Hbond substituents is 1. The van der Waals surface area contributed by atoms with E-state index in [1.54, 1.807) is 0 Å². The lowest BCUT2D eigenvalue weighted by Gasteiger charge is -1.94. The molecule has 0 aliphatic rings. The van der Waals surface area contributed by atoms with Crippen molar-refractivity contribution in [1.82, 2.24) is 4.98 Å². The first-order chi connectivity index (χ1) is 6.65. The summed E-state index contributed by atoms with van der Waals surface area (Å²) in [5.41, 5.74) is 0.541. The van der Waals surface area contributed by atoms with E-state index in [9.17, 15) is 8.78 Å². The zero-order chi connectivity index (χ0) is 10.1. The number of alkyl halides is 2. The predicted molar refractivity (Wildman–Crippen MR) is 42.3 cm³/mol. The van der Waals surface area contributed by atoms with Gasteiger partial charge in [-0.3, -0.25) is 0 Å². The van der Waals surface area contributed by atoms with E-state index in [2.05, 4.69) is 9.72 Å². The molecule has 2 aromatic rings. The molecular weight excluding hydrogens is 196 g/mol. The molecule has 0 atom stereocenters. The topological polar surface area (TPSA) is 55.5 Å². The summed E-state index contributed by atoms with van der Waals surface area (Å²) in [6.45, 7) is -2.98. The number of phenols is 1. The van der Waals surface area contributed by atoms with Crippen molar-refractivity contribution in [3.05, 3.63) is 18.2 Å². The highest BCUT2D eigenvalue weighted by molar-refractivity contribution is 5.74. The van der Waals surface area contributed by atoms with Gasteiger partial charge in [-0.25, -0.2) is 0 Å². The molecule has 0 saturated carbocycles. The third kappa shape index (κ3) is 1.59. The van der Waals surface area contributed by atoms with Gasteiger partial charge in [0.05, 0.1) is 0 Å². The summed E-state index contributed by atoms with van der Waals surface area (Å²) in [4.78, 5) is 3.58. The fourth-order valence-electron chi connectivity index (χ4n) is 1.02. The molecule has 0 amide bonds. The maximum atomic E-state index is 11.8. The van der Waals surface area contributed by atoms with Crippen LogP contribution < -0.4 is 4.74 Å². The number of hydrogen-bond donors (Lipinski definition) is 1. The van der Waals surface area contributed by atoms with Crippen LogP contribution in [0.1, 0.15) is 0 Å². The largest absolute Gasteiger partial charge is 0.508 e. The van der Waals surface area contributed by atoms with Crippen molar-refractivity contribution in [2.24, 2.45) is 0 Å². The van der Waals surface area contributed by atoms with Crippen molar-refractivity contribution in [3.8, 4) is 11.8 Å². The van der Waals surface area contributed by atoms with E-state index in [0.29, 0.717) is 0 Å². The highest BCUT2D eigenvalue weighted by atomic mass is 19.3. The lowest BCUT2D eigenvalue weighted by molar-refractivity contribution is -0.0664. The van der Waals surface area contributed by atoms with E-state index in [1.165, 1.54) is 18.2 Å². The quantitative estimate of drug-likeness (QED) is 0.808. The third-order valence-electron chi connectivity index (χ3n) is 1.54. The number of aromatic hydroxyl groups is 1. The van der Waals surface area contributed by atoms with Crippen molar-refractivity contribution < 1.29 is 23.0 Å². The molecule has 1 aromatic carbocycles. The molecule has 4 nitrogen and oxygen atoms in total. The maximum absolute atomic E-state index is 11.8. The van der Waals surface area contributed by atoms with E-state index in [0.717, 1.165) is 0 Å². The number of benzene rings is 1. The summed E-state index contributed by atoms with van der Waals surface area (Å²) < 4.78 is 32.3. The Balaban J connectivity index is 2.41. The van der Waals surface area contributed by atoms with E-state index in [-0.39, 0.29) is 16.8 Å². The Labute approximate surface area is 76.7 Å². The van der Waals surface area contributed by atoms with Gasteiger partial charge >= 0.3 is 12.7 Å². The number of rotatable bonds is 2. The van der Waals surface area contributed by atoms with Crippen LogP contribution in [0.2, 0.25) is 0 Å². The zero-order valence-electron chi connectivity index (χ0n) is 6.78. The Hall–Kier alpha value is -1.85. The van der Waals surface area contributed by atoms with Crippen molar-refractivity contribution in [2.45, 2.75) is 6.61 Å². The number of ether oxygens (including phenoxy) is 1. The van der Waals surface area contributed by atoms with Gasteiger partial charge in [0, 0.05) is 6.07 Å². The van der Waals surface area contributed by atoms with E-state index in [1.807, 2.05) is 0 Å². The Morgan fingerprint density at radius 3 is 2.93 bits per heavy atom. The van der Waals surface area contributed by atoms with Crippen molar-refractivity contribution >= 4 is 11.1 Å². The molecule has 0 spiro atoms. The number of fused-ring (bicyclic) bond motifs is 1. The number of halogens is 2. The van der Waals surface area contributed by atoms with Crippen molar-refractivity contribution in [3.63, 3.8) is 0 Å². The SMILES string of the molecule is Oc1ccc2oc(OC(F)F)nc2c1. The molecule has 0 unspecified atom stereocenters. The first-order valence-electron chi connectivity index (χ1n) is 3.69. The molecule has 74 valence electrons. The van der Waals surface area contributed by atoms with Gasteiger partial charge in [-0.05, 0) is 12.1 Å². The number of hydrogen-bond acceptors (Lipinski definition) is 4. The Morgan fingerprint density at radius 2 is 2.21 bits per heavy atom. The van der Waals surface area contributed by atoms with Crippen LogP contribution in [-0.4, -0.2) is 16.7 Å². The third-order valence-corrected chi connectivity index (χ3v) is 1.54. The van der Waals surface area contributed by atoms with E-state index < -0.39 is 12.7 Å². The van der Waals surface area contributed by atoms with Gasteiger partial charge in [0.15, 0.2) is 5.58 Å². The highest BCUT2D eigenvalue weighted by Crippen LogP contribution is 2.24. The molecule has 0 saturated heterocycles. The van der Waals surface area contributed by atoms with Crippen molar-refractivity contribution in [1.29, 1.82) is 0 Å². The van der Waals surface area contributed by atoms with Crippen LogP contribution in [0.5, 0.6) is 11.8 Å². The van der Waals surface area contributed by atoms with Crippen LogP contribution >= 0.6 is 0 Å². The second-order valence-corrected chi connectivity index (χ2v) is 2.51. The number of aromatic nitrogens is 1. The molecule has 1 N–H and O–H groups in total. The maximum Gasteiger partial charge on any atom is 0.399 e. The number of oxazole rings is 1. The molecule has 14 heavy (non-hydrogen) atoms. The lowest BCUT2D eigenvalue weighted by Crippen LogP contribution is -2.01. The summed E-state index contributed by atoms with van der Waals surface area (Å²) in [5, 5.41) is 9.05. The van der Waals surface area contributed by atoms with Crippen LogP contribution in [0.15, 0.2) is 22.6 Å². The minimum absolute atomic E-state index is 0.0191. The Bertz CT molecular complexity index is 455. The van der Waals surface area contributed by atoms with Crippen LogP contribution in [-0.2, 0) is 0 Å². The Morgan fingerprint density at radius 1 is 1.43 bits per heavy atom. The molecule has 6 heteroatoms. The summed E-state index contributed by atoms with van der Waals surface area (Å²) in [5.74, 6) is -0.0191. The van der Waals surface area contributed by atoms with Gasteiger partial charge in [-0.1, -0.05) is 0 Å². The highest BCUT2D eigenvalue weighted by Gasteiger charge is 2.11. The molecule has 1 aromatic heterocycles. The van der Waals surface area contributed by atoms with E-state index in [4.69, 9.17) is 9.52 Å². The van der Waals surface area contributed by atoms with Gasteiger partial charge in [0.1, 0.15) is 11.3 Å². The molecule has 0 aliphatic heterocycles.